The number of thiocarbonyl (C=S) groups is 1. The second-order valence-electron chi connectivity index (χ2n) is 7.19. The number of nitrogens with zero attached hydrogens (tertiary/aromatic N) is 4. The molecule has 1 aliphatic carbocycles. The lowest BCUT2D eigenvalue weighted by atomic mass is 9.95. The van der Waals surface area contributed by atoms with Crippen LogP contribution in [0.1, 0.15) is 36.9 Å². The Morgan fingerprint density at radius 2 is 2.04 bits per heavy atom. The highest BCUT2D eigenvalue weighted by Crippen LogP contribution is 2.28. The first-order valence-corrected chi connectivity index (χ1v) is 10.9. The number of rotatable bonds is 4. The molecule has 1 aromatic rings. The third kappa shape index (κ3) is 4.08. The minimum atomic E-state index is -0.133. The fourth-order valence-electron chi connectivity index (χ4n) is 3.96. The maximum atomic E-state index is 12.3. The van der Waals surface area contributed by atoms with Gasteiger partial charge in [-0.25, -0.2) is 9.97 Å². The first-order valence-electron chi connectivity index (χ1n) is 9.46. The van der Waals surface area contributed by atoms with Crippen molar-refractivity contribution in [2.24, 2.45) is 0 Å². The molecule has 9 heteroatoms. The van der Waals surface area contributed by atoms with Crippen molar-refractivity contribution < 1.29 is 9.59 Å². The number of carbonyl (C=O) groups is 2. The van der Waals surface area contributed by atoms with E-state index in [1.54, 1.807) is 6.33 Å². The van der Waals surface area contributed by atoms with Crippen LogP contribution in [0.3, 0.4) is 0 Å². The van der Waals surface area contributed by atoms with Crippen molar-refractivity contribution in [3.63, 3.8) is 0 Å². The van der Waals surface area contributed by atoms with Crippen LogP contribution in [-0.2, 0) is 22.4 Å². The average Bonchev–Trinajstić information content (AvgIpc) is 3.00. The van der Waals surface area contributed by atoms with Gasteiger partial charge >= 0.3 is 0 Å². The summed E-state index contributed by atoms with van der Waals surface area (Å²) >= 11 is 6.45. The topological polar surface area (TPSA) is 78.4 Å². The number of carbonyl (C=O) groups excluding carboxylic acids is 2. The number of aromatic nitrogens is 2. The summed E-state index contributed by atoms with van der Waals surface area (Å²) in [6.45, 7) is 1.76. The molecule has 0 radical (unpaired) electrons. The lowest BCUT2D eigenvalue weighted by Gasteiger charge is -2.35. The van der Waals surface area contributed by atoms with E-state index in [1.165, 1.54) is 40.8 Å². The molecule has 1 N–H and O–H groups in total. The van der Waals surface area contributed by atoms with E-state index in [9.17, 15) is 9.59 Å². The predicted octanol–water partition coefficient (Wildman–Crippen LogP) is 1.30. The normalized spacial score (nSPS) is 20.7. The minimum absolute atomic E-state index is 0.0320. The van der Waals surface area contributed by atoms with Crippen molar-refractivity contribution >= 4 is 45.9 Å². The van der Waals surface area contributed by atoms with E-state index >= 15 is 0 Å². The molecule has 2 fully saturated rings. The number of fused-ring (bicyclic) bond motifs is 1. The van der Waals surface area contributed by atoms with Gasteiger partial charge in [-0.1, -0.05) is 24.0 Å². The number of aryl methyl sites for hydroxylation is 1. The van der Waals surface area contributed by atoms with Gasteiger partial charge in [-0.3, -0.25) is 14.5 Å². The van der Waals surface area contributed by atoms with Gasteiger partial charge in [0.1, 0.15) is 23.0 Å². The molecule has 2 saturated heterocycles. The van der Waals surface area contributed by atoms with E-state index in [4.69, 9.17) is 12.2 Å². The minimum Gasteiger partial charge on any atom is -0.356 e. The Kier molecular flexibility index (Phi) is 5.58. The molecule has 0 atom stereocenters. The Balaban J connectivity index is 1.31. The zero-order chi connectivity index (χ0) is 18.8. The van der Waals surface area contributed by atoms with Gasteiger partial charge in [-0.15, -0.1) is 0 Å². The lowest BCUT2D eigenvalue weighted by Crippen LogP contribution is -2.48. The maximum Gasteiger partial charge on any atom is 0.240 e. The van der Waals surface area contributed by atoms with Crippen LogP contribution in [0.15, 0.2) is 6.33 Å². The average molecular weight is 406 g/mol. The van der Waals surface area contributed by atoms with Crippen molar-refractivity contribution in [3.8, 4) is 0 Å². The molecule has 0 saturated carbocycles. The second-order valence-corrected chi connectivity index (χ2v) is 8.80. The largest absolute Gasteiger partial charge is 0.356 e. The maximum absolute atomic E-state index is 12.3. The van der Waals surface area contributed by atoms with Gasteiger partial charge in [0.15, 0.2) is 0 Å². The summed E-state index contributed by atoms with van der Waals surface area (Å²) in [4.78, 5) is 36.8. The zero-order valence-corrected chi connectivity index (χ0v) is 16.8. The predicted molar refractivity (Wildman–Crippen MR) is 109 cm³/mol. The number of thioether (sulfide) groups is 1. The fourth-order valence-corrected chi connectivity index (χ4v) is 5.03. The fraction of sp³-hybridized carbons (Fsp3) is 0.611. The molecule has 1 aromatic heterocycles. The second kappa shape index (κ2) is 8.10. The number of hydrogen-bond donors (Lipinski definition) is 1. The summed E-state index contributed by atoms with van der Waals surface area (Å²) in [6, 6.07) is 0.130. The molecule has 0 unspecified atom stereocenters. The van der Waals surface area contributed by atoms with Crippen molar-refractivity contribution in [1.29, 1.82) is 0 Å². The highest BCUT2D eigenvalue weighted by molar-refractivity contribution is 8.23. The third-order valence-corrected chi connectivity index (χ3v) is 6.84. The molecular weight excluding hydrogens is 382 g/mol. The van der Waals surface area contributed by atoms with Gasteiger partial charge in [0.2, 0.25) is 11.8 Å². The molecule has 2 aliphatic heterocycles. The summed E-state index contributed by atoms with van der Waals surface area (Å²) in [6.07, 6.45) is 7.95. The summed E-state index contributed by atoms with van der Waals surface area (Å²) < 4.78 is 0.499. The molecule has 3 heterocycles. The molecule has 4 rings (SSSR count). The Morgan fingerprint density at radius 1 is 1.26 bits per heavy atom. The van der Waals surface area contributed by atoms with Crippen LogP contribution in [0.2, 0.25) is 0 Å². The van der Waals surface area contributed by atoms with E-state index in [-0.39, 0.29) is 24.4 Å². The van der Waals surface area contributed by atoms with E-state index < -0.39 is 0 Å². The standard InChI is InChI=1S/C18H23N5O2S2/c24-15(9-23-16(25)10-27-18(23)26)21-12-5-7-22(8-6-12)17-13-3-1-2-4-14(13)19-11-20-17/h11-12H,1-10H2,(H,21,24). The first-order chi connectivity index (χ1) is 13.1. The van der Waals surface area contributed by atoms with Crippen molar-refractivity contribution in [3.05, 3.63) is 17.6 Å². The Labute approximate surface area is 168 Å². The van der Waals surface area contributed by atoms with Crippen LogP contribution in [0.25, 0.3) is 0 Å². The van der Waals surface area contributed by atoms with Gasteiger partial charge in [0.25, 0.3) is 0 Å². The molecule has 3 aliphatic rings. The molecule has 0 bridgehead atoms. The Morgan fingerprint density at radius 3 is 2.78 bits per heavy atom. The summed E-state index contributed by atoms with van der Waals surface area (Å²) in [7, 11) is 0. The van der Waals surface area contributed by atoms with Crippen molar-refractivity contribution in [2.45, 2.75) is 44.6 Å². The van der Waals surface area contributed by atoms with E-state index in [0.29, 0.717) is 10.1 Å². The van der Waals surface area contributed by atoms with Gasteiger partial charge < -0.3 is 10.2 Å². The van der Waals surface area contributed by atoms with E-state index in [1.807, 2.05) is 0 Å². The molecule has 144 valence electrons. The molecule has 2 amide bonds. The Hall–Kier alpha value is -1.74. The van der Waals surface area contributed by atoms with Crippen molar-refractivity contribution in [1.82, 2.24) is 20.2 Å². The van der Waals surface area contributed by atoms with Gasteiger partial charge in [-0.2, -0.15) is 0 Å². The number of nitrogens with one attached hydrogen (secondary N) is 1. The van der Waals surface area contributed by atoms with Gasteiger partial charge in [0, 0.05) is 30.4 Å². The van der Waals surface area contributed by atoms with Crippen LogP contribution in [0.5, 0.6) is 0 Å². The monoisotopic (exact) mass is 405 g/mol. The number of amides is 2. The highest BCUT2D eigenvalue weighted by atomic mass is 32.2. The Bertz CT molecular complexity index is 748. The van der Waals surface area contributed by atoms with E-state index in [0.717, 1.165) is 44.6 Å². The first kappa shape index (κ1) is 18.6. The van der Waals surface area contributed by atoms with Crippen LogP contribution in [0, 0.1) is 0 Å². The van der Waals surface area contributed by atoms with Crippen LogP contribution in [-0.4, -0.2) is 62.4 Å². The molecule has 0 aromatic carbocycles. The smallest absolute Gasteiger partial charge is 0.240 e. The van der Waals surface area contributed by atoms with Gasteiger partial charge in [0.05, 0.1) is 5.75 Å². The van der Waals surface area contributed by atoms with E-state index in [2.05, 4.69) is 20.2 Å². The molecule has 0 spiro atoms. The summed E-state index contributed by atoms with van der Waals surface area (Å²) in [5.41, 5.74) is 2.51. The summed E-state index contributed by atoms with van der Waals surface area (Å²) in [5.74, 6) is 1.21. The van der Waals surface area contributed by atoms with Crippen molar-refractivity contribution in [2.75, 3.05) is 30.3 Å². The molecule has 7 nitrogen and oxygen atoms in total. The quantitative estimate of drug-likeness (QED) is 0.757. The lowest BCUT2D eigenvalue weighted by molar-refractivity contribution is -0.130. The van der Waals surface area contributed by atoms with Crippen LogP contribution >= 0.6 is 24.0 Å². The number of hydrogen-bond acceptors (Lipinski definition) is 7. The molecule has 27 heavy (non-hydrogen) atoms. The zero-order valence-electron chi connectivity index (χ0n) is 15.1. The molecular formula is C18H23N5O2S2. The van der Waals surface area contributed by atoms with Crippen LogP contribution < -0.4 is 10.2 Å². The highest BCUT2D eigenvalue weighted by Gasteiger charge is 2.30. The number of anilines is 1. The third-order valence-electron chi connectivity index (χ3n) is 5.40. The van der Waals surface area contributed by atoms with Crippen LogP contribution in [0.4, 0.5) is 5.82 Å². The van der Waals surface area contributed by atoms with Gasteiger partial charge in [-0.05, 0) is 38.5 Å². The summed E-state index contributed by atoms with van der Waals surface area (Å²) in [5, 5.41) is 3.06. The SMILES string of the molecule is O=C(CN1C(=O)CSC1=S)NC1CCN(c2ncnc3c2CCCC3)CC1. The number of piperidine rings is 1.